The van der Waals surface area contributed by atoms with Crippen LogP contribution in [0.15, 0.2) is 146 Å². The lowest BCUT2D eigenvalue weighted by molar-refractivity contribution is 0.0606. The third kappa shape index (κ3) is 8.48. The van der Waals surface area contributed by atoms with E-state index in [1.165, 1.54) is 92.3 Å². The van der Waals surface area contributed by atoms with E-state index in [2.05, 4.69) is 122 Å². The molecular formula is C72H59N3O4. The maximum absolute atomic E-state index is 14.1. The molecule has 0 aromatic heterocycles. The van der Waals surface area contributed by atoms with E-state index in [4.69, 9.17) is 0 Å². The zero-order valence-electron chi connectivity index (χ0n) is 45.0. The predicted molar refractivity (Wildman–Crippen MR) is 319 cm³/mol. The molecule has 79 heavy (non-hydrogen) atoms. The van der Waals surface area contributed by atoms with Crippen LogP contribution in [0.2, 0.25) is 0 Å². The van der Waals surface area contributed by atoms with Crippen LogP contribution < -0.4 is 9.80 Å². The highest BCUT2D eigenvalue weighted by Crippen LogP contribution is 2.50. The summed E-state index contributed by atoms with van der Waals surface area (Å²) in [7, 11) is 0. The minimum atomic E-state index is -0.509. The zero-order valence-corrected chi connectivity index (χ0v) is 45.0. The van der Waals surface area contributed by atoms with Gasteiger partial charge in [0, 0.05) is 80.6 Å². The molecule has 7 heteroatoms. The molecule has 9 aromatic carbocycles. The first-order valence-electron chi connectivity index (χ1n) is 28.2. The molecule has 4 heterocycles. The van der Waals surface area contributed by atoms with E-state index < -0.39 is 11.8 Å². The predicted octanol–water partition coefficient (Wildman–Crippen LogP) is 15.4. The molecule has 4 aliphatic heterocycles. The largest absolute Gasteiger partial charge is 0.371 e. The van der Waals surface area contributed by atoms with Crippen molar-refractivity contribution >= 4 is 67.3 Å². The maximum atomic E-state index is 14.1. The van der Waals surface area contributed by atoms with Gasteiger partial charge in [-0.25, -0.2) is 4.90 Å². The third-order valence-corrected chi connectivity index (χ3v) is 17.0. The van der Waals surface area contributed by atoms with Gasteiger partial charge in [-0.1, -0.05) is 123 Å². The van der Waals surface area contributed by atoms with Gasteiger partial charge in [-0.2, -0.15) is 0 Å². The molecule has 7 nitrogen and oxygen atoms in total. The molecule has 9 aromatic rings. The van der Waals surface area contributed by atoms with Crippen LogP contribution in [0.1, 0.15) is 144 Å². The van der Waals surface area contributed by atoms with Gasteiger partial charge in [0.15, 0.2) is 0 Å². The molecular weight excluding hydrogens is 971 g/mol. The molecule has 4 aliphatic rings. The number of carbonyl (C=O) groups is 4. The lowest BCUT2D eigenvalue weighted by Gasteiger charge is -2.39. The van der Waals surface area contributed by atoms with Crippen LogP contribution in [0.5, 0.6) is 0 Å². The molecule has 0 unspecified atom stereocenters. The minimum absolute atomic E-state index is 0.279. The average molecular weight is 1030 g/mol. The molecule has 0 aliphatic carbocycles. The molecule has 0 radical (unpaired) electrons. The van der Waals surface area contributed by atoms with E-state index >= 15 is 0 Å². The van der Waals surface area contributed by atoms with Gasteiger partial charge in [0.2, 0.25) is 0 Å². The highest BCUT2D eigenvalue weighted by Gasteiger charge is 2.40. The highest BCUT2D eigenvalue weighted by atomic mass is 16.2. The Bertz CT molecular complexity index is 4020. The number of hydrogen-bond donors (Lipinski definition) is 0. The van der Waals surface area contributed by atoms with Gasteiger partial charge in [-0.05, 0) is 197 Å². The van der Waals surface area contributed by atoms with Gasteiger partial charge in [0.1, 0.15) is 0 Å². The summed E-state index contributed by atoms with van der Waals surface area (Å²) in [5, 5.41) is 5.84. The number of nitrogens with zero attached hydrogens (tertiary/aromatic N) is 3. The Kier molecular flexibility index (Phi) is 12.8. The first kappa shape index (κ1) is 49.5. The van der Waals surface area contributed by atoms with Crippen molar-refractivity contribution < 1.29 is 19.2 Å². The second-order valence-electron chi connectivity index (χ2n) is 21.7. The second-order valence-corrected chi connectivity index (χ2v) is 21.7. The number of rotatable bonds is 10. The van der Waals surface area contributed by atoms with Crippen LogP contribution in [0, 0.1) is 37.5 Å². The Morgan fingerprint density at radius 2 is 0.835 bits per heavy atom. The van der Waals surface area contributed by atoms with Crippen LogP contribution >= 0.6 is 0 Å². The van der Waals surface area contributed by atoms with Crippen LogP contribution in [-0.2, 0) is 12.8 Å². The van der Waals surface area contributed by atoms with Crippen LogP contribution in [0.3, 0.4) is 0 Å². The fourth-order valence-corrected chi connectivity index (χ4v) is 13.2. The number of imide groups is 2. The summed E-state index contributed by atoms with van der Waals surface area (Å²) >= 11 is 0. The molecule has 0 saturated heterocycles. The van der Waals surface area contributed by atoms with E-state index in [-0.39, 0.29) is 22.9 Å². The number of amides is 4. The Hall–Kier alpha value is -9.04. The normalized spacial score (nSPS) is 14.4. The van der Waals surface area contributed by atoms with Crippen molar-refractivity contribution in [2.75, 3.05) is 29.4 Å². The topological polar surface area (TPSA) is 78.0 Å². The quantitative estimate of drug-likeness (QED) is 0.0590. The summed E-state index contributed by atoms with van der Waals surface area (Å²) in [6.07, 6.45) is 10.9. The molecule has 0 saturated carbocycles. The van der Waals surface area contributed by atoms with Gasteiger partial charge in [0.05, 0.1) is 5.69 Å². The summed E-state index contributed by atoms with van der Waals surface area (Å²) in [6.45, 7) is 9.59. The van der Waals surface area contributed by atoms with Crippen molar-refractivity contribution in [1.29, 1.82) is 0 Å². The molecule has 0 N–H and O–H groups in total. The fourth-order valence-electron chi connectivity index (χ4n) is 13.2. The summed E-state index contributed by atoms with van der Waals surface area (Å²) < 4.78 is 0. The van der Waals surface area contributed by atoms with E-state index in [1.54, 1.807) is 59.7 Å². The number of benzene rings is 9. The Morgan fingerprint density at radius 3 is 1.30 bits per heavy atom. The average Bonchev–Trinajstić information content (AvgIpc) is 3.66. The van der Waals surface area contributed by atoms with Gasteiger partial charge in [-0.3, -0.25) is 24.1 Å². The maximum Gasteiger partial charge on any atom is 0.265 e. The summed E-state index contributed by atoms with van der Waals surface area (Å²) in [6, 6.07) is 48.0. The fraction of sp³-hybridized carbons (Fsp3) is 0.222. The molecule has 0 spiro atoms. The Balaban J connectivity index is 0.707. The summed E-state index contributed by atoms with van der Waals surface area (Å²) in [5.41, 5.74) is 17.7. The molecule has 4 amide bonds. The SMILES string of the molecule is CCCCCCCCN1C(=O)c2ccc3c4c(ccc(c24)C1=O)C(=O)N(c1ccc(C#Cc2ccc(C#Cc4ccc(-c5c6ccccc6c(-c6c(C)c7c8c(c6C)CCCN8CCC7)c6ccccc56)cc4)cc2)cc1)C3=O. The lowest BCUT2D eigenvalue weighted by atomic mass is 9.78. The van der Waals surface area contributed by atoms with Crippen molar-refractivity contribution in [3.63, 3.8) is 0 Å². The number of fused-ring (bicyclic) bond motifs is 2. The molecule has 0 bridgehead atoms. The summed E-state index contributed by atoms with van der Waals surface area (Å²) in [4.78, 5) is 60.8. The smallest absolute Gasteiger partial charge is 0.265 e. The third-order valence-electron chi connectivity index (χ3n) is 17.0. The lowest BCUT2D eigenvalue weighted by Crippen LogP contribution is -2.43. The van der Waals surface area contributed by atoms with Crippen molar-refractivity contribution in [1.82, 2.24) is 4.90 Å². The monoisotopic (exact) mass is 1030 g/mol. The van der Waals surface area contributed by atoms with Gasteiger partial charge < -0.3 is 4.90 Å². The van der Waals surface area contributed by atoms with Crippen LogP contribution in [0.25, 0.3) is 54.6 Å². The van der Waals surface area contributed by atoms with Crippen LogP contribution in [-0.4, -0.2) is 48.2 Å². The standard InChI is InChI=1S/C72H59N3O4/c1-4-5-6-7-8-13-44-74-69(76)59-38-40-61-67-62(41-39-60(66(59)67)70(74)77)72(79)75(71(61)78)52-36-32-50(33-37-52)29-27-48-24-22-47(23-25-48)26-28-49-30-34-51(35-31-49)64-55-16-9-11-18-57(55)65(58-19-12-10-17-56(58)64)63-45(2)53-20-14-42-73-43-15-21-54(46(63)3)68(53)73/h9-12,16-19,22-25,30-41H,4-8,13-15,20-21,42-44H2,1-3H3. The minimum Gasteiger partial charge on any atom is -0.371 e. The van der Waals surface area contributed by atoms with Gasteiger partial charge in [-0.15, -0.1) is 0 Å². The Labute approximate surface area is 461 Å². The number of anilines is 2. The van der Waals surface area contributed by atoms with Crippen molar-refractivity contribution in [2.24, 2.45) is 0 Å². The number of hydrogen-bond acceptors (Lipinski definition) is 5. The van der Waals surface area contributed by atoms with Crippen LogP contribution in [0.4, 0.5) is 11.4 Å². The molecule has 0 atom stereocenters. The van der Waals surface area contributed by atoms with E-state index in [9.17, 15) is 19.2 Å². The molecule has 13 rings (SSSR count). The van der Waals surface area contributed by atoms with Gasteiger partial charge >= 0.3 is 0 Å². The molecule has 0 fully saturated rings. The number of unbranched alkanes of at least 4 members (excludes halogenated alkanes) is 5. The van der Waals surface area contributed by atoms with E-state index in [0.29, 0.717) is 39.7 Å². The van der Waals surface area contributed by atoms with Crippen molar-refractivity contribution in [3.05, 3.63) is 212 Å². The van der Waals surface area contributed by atoms with Crippen molar-refractivity contribution in [2.45, 2.75) is 85.0 Å². The first-order chi connectivity index (χ1) is 38.7. The molecule has 386 valence electrons. The Morgan fingerprint density at radius 1 is 0.430 bits per heavy atom. The van der Waals surface area contributed by atoms with E-state index in [0.717, 1.165) is 72.1 Å². The first-order valence-corrected chi connectivity index (χ1v) is 28.2. The zero-order chi connectivity index (χ0) is 53.9. The van der Waals surface area contributed by atoms with Crippen molar-refractivity contribution in [3.8, 4) is 45.9 Å². The van der Waals surface area contributed by atoms with Gasteiger partial charge in [0.25, 0.3) is 23.6 Å². The summed E-state index contributed by atoms with van der Waals surface area (Å²) in [5.74, 6) is 11.4. The number of carbonyl (C=O) groups excluding carboxylic acids is 4. The second kappa shape index (κ2) is 20.4. The highest BCUT2D eigenvalue weighted by molar-refractivity contribution is 6.39. The van der Waals surface area contributed by atoms with E-state index in [1.807, 2.05) is 24.3 Å².